The highest BCUT2D eigenvalue weighted by atomic mass is 16.6. The summed E-state index contributed by atoms with van der Waals surface area (Å²) >= 11 is 0. The van der Waals surface area contributed by atoms with E-state index in [1.54, 1.807) is 10.6 Å². The zero-order valence-corrected chi connectivity index (χ0v) is 15.3. The summed E-state index contributed by atoms with van der Waals surface area (Å²) in [5.74, 6) is -0.0276. The van der Waals surface area contributed by atoms with Gasteiger partial charge in [0.05, 0.1) is 22.2 Å². The zero-order valence-electron chi connectivity index (χ0n) is 15.3. The van der Waals surface area contributed by atoms with Gasteiger partial charge in [0, 0.05) is 12.1 Å². The van der Waals surface area contributed by atoms with Crippen LogP contribution in [0.4, 0.5) is 11.5 Å². The van der Waals surface area contributed by atoms with E-state index in [4.69, 9.17) is 5.73 Å². The Morgan fingerprint density at radius 3 is 2.70 bits per heavy atom. The highest BCUT2D eigenvalue weighted by Crippen LogP contribution is 2.26. The number of nitrogens with one attached hydrogen (secondary N) is 1. The molecule has 4 aromatic rings. The summed E-state index contributed by atoms with van der Waals surface area (Å²) in [6.07, 6.45) is 1.38. The monoisotopic (exact) mass is 406 g/mol. The van der Waals surface area contributed by atoms with Crippen LogP contribution in [-0.4, -0.2) is 36.9 Å². The van der Waals surface area contributed by atoms with Crippen molar-refractivity contribution in [3.05, 3.63) is 64.2 Å². The van der Waals surface area contributed by atoms with Gasteiger partial charge in [0.2, 0.25) is 0 Å². The molecule has 0 bridgehead atoms. The Morgan fingerprint density at radius 2 is 2.00 bits per heavy atom. The first-order chi connectivity index (χ1) is 14.5. The van der Waals surface area contributed by atoms with Gasteiger partial charge >= 0.3 is 0 Å². The molecule has 2 aromatic heterocycles. The number of amides is 1. The number of benzene rings is 2. The van der Waals surface area contributed by atoms with E-state index in [1.165, 1.54) is 30.5 Å². The van der Waals surface area contributed by atoms with Gasteiger partial charge < -0.3 is 10.3 Å². The standard InChI is InChI=1S/C18H14N8O4/c19-17-16(23-30-24-17)18-21-13-3-1-2-4-14(13)25(18)10-15(27)22-20-9-11-5-7-12(8-6-11)26(28)29/h1-9H,10H2,(H2,19,24)(H,22,27). The number of nitrogen functional groups attached to an aromatic ring is 1. The Balaban J connectivity index is 1.53. The molecule has 0 unspecified atom stereocenters. The molecule has 0 aliphatic rings. The van der Waals surface area contributed by atoms with E-state index in [2.05, 4.69) is 30.5 Å². The molecule has 0 radical (unpaired) electrons. The van der Waals surface area contributed by atoms with Crippen LogP contribution in [0.3, 0.4) is 0 Å². The fourth-order valence-corrected chi connectivity index (χ4v) is 2.81. The Morgan fingerprint density at radius 1 is 1.23 bits per heavy atom. The normalized spacial score (nSPS) is 11.2. The second-order valence-corrected chi connectivity index (χ2v) is 6.15. The number of hydrazone groups is 1. The van der Waals surface area contributed by atoms with Gasteiger partial charge in [0.1, 0.15) is 6.54 Å². The minimum atomic E-state index is -0.493. The number of non-ortho nitro benzene ring substituents is 1. The molecule has 12 nitrogen and oxygen atoms in total. The first kappa shape index (κ1) is 18.7. The number of nitro groups is 1. The third kappa shape index (κ3) is 3.69. The van der Waals surface area contributed by atoms with Gasteiger partial charge in [-0.2, -0.15) is 5.10 Å². The Hall–Kier alpha value is -4.61. The second-order valence-electron chi connectivity index (χ2n) is 6.15. The van der Waals surface area contributed by atoms with Gasteiger partial charge in [-0.25, -0.2) is 15.0 Å². The molecule has 1 amide bonds. The van der Waals surface area contributed by atoms with E-state index in [9.17, 15) is 14.9 Å². The molecule has 4 rings (SSSR count). The maximum Gasteiger partial charge on any atom is 0.269 e. The second kappa shape index (κ2) is 7.79. The maximum atomic E-state index is 12.4. The van der Waals surface area contributed by atoms with Gasteiger partial charge in [0.25, 0.3) is 11.6 Å². The van der Waals surface area contributed by atoms with E-state index < -0.39 is 10.8 Å². The van der Waals surface area contributed by atoms with E-state index in [1.807, 2.05) is 18.2 Å². The fraction of sp³-hybridized carbons (Fsp3) is 0.0556. The summed E-state index contributed by atoms with van der Waals surface area (Å²) in [6.45, 7) is -0.111. The van der Waals surface area contributed by atoms with E-state index in [-0.39, 0.29) is 23.7 Å². The number of carbonyl (C=O) groups is 1. The van der Waals surface area contributed by atoms with Crippen molar-refractivity contribution in [3.63, 3.8) is 0 Å². The summed E-state index contributed by atoms with van der Waals surface area (Å²) in [5.41, 5.74) is 10.3. The zero-order chi connectivity index (χ0) is 21.1. The van der Waals surface area contributed by atoms with E-state index in [0.717, 1.165) is 0 Å². The number of imidazole rings is 1. The number of fused-ring (bicyclic) bond motifs is 1. The van der Waals surface area contributed by atoms with Crippen molar-refractivity contribution in [2.45, 2.75) is 6.54 Å². The van der Waals surface area contributed by atoms with Gasteiger partial charge in [-0.15, -0.1) is 0 Å². The van der Waals surface area contributed by atoms with Crippen LogP contribution < -0.4 is 11.2 Å². The van der Waals surface area contributed by atoms with Crippen LogP contribution in [0.1, 0.15) is 5.56 Å². The summed E-state index contributed by atoms with van der Waals surface area (Å²) < 4.78 is 6.28. The molecule has 0 aliphatic carbocycles. The lowest BCUT2D eigenvalue weighted by Crippen LogP contribution is -2.23. The Bertz CT molecular complexity index is 1260. The first-order valence-corrected chi connectivity index (χ1v) is 8.63. The van der Waals surface area contributed by atoms with Crippen molar-refractivity contribution in [2.24, 2.45) is 5.10 Å². The third-order valence-corrected chi connectivity index (χ3v) is 4.19. The van der Waals surface area contributed by atoms with Crippen molar-refractivity contribution in [1.82, 2.24) is 25.3 Å². The van der Waals surface area contributed by atoms with Gasteiger partial charge in [-0.05, 0) is 40.1 Å². The van der Waals surface area contributed by atoms with Crippen LogP contribution in [0, 0.1) is 10.1 Å². The van der Waals surface area contributed by atoms with E-state index >= 15 is 0 Å². The summed E-state index contributed by atoms with van der Waals surface area (Å²) in [6, 6.07) is 13.0. The topological polar surface area (TPSA) is 167 Å². The number of nitrogens with zero attached hydrogens (tertiary/aromatic N) is 6. The van der Waals surface area contributed by atoms with Crippen LogP contribution >= 0.6 is 0 Å². The Labute approximate surface area is 168 Å². The van der Waals surface area contributed by atoms with Crippen molar-refractivity contribution < 1.29 is 14.3 Å². The highest BCUT2D eigenvalue weighted by molar-refractivity contribution is 5.86. The summed E-state index contributed by atoms with van der Waals surface area (Å²) in [5, 5.41) is 21.9. The number of carbonyl (C=O) groups excluding carboxylic acids is 1. The molecule has 0 atom stereocenters. The smallest absolute Gasteiger partial charge is 0.269 e. The fourth-order valence-electron chi connectivity index (χ4n) is 2.81. The number of para-hydroxylation sites is 2. The molecule has 0 spiro atoms. The lowest BCUT2D eigenvalue weighted by atomic mass is 10.2. The average Bonchev–Trinajstić information content (AvgIpc) is 3.32. The molecule has 3 N–H and O–H groups in total. The number of rotatable bonds is 6. The number of nitrogens with two attached hydrogens (primary N) is 1. The lowest BCUT2D eigenvalue weighted by Gasteiger charge is -2.06. The molecule has 2 heterocycles. The number of hydrogen-bond donors (Lipinski definition) is 2. The Kier molecular flexibility index (Phi) is 4.87. The largest absolute Gasteiger partial charge is 0.379 e. The number of aromatic nitrogens is 4. The van der Waals surface area contributed by atoms with Crippen molar-refractivity contribution in [3.8, 4) is 11.5 Å². The SMILES string of the molecule is Nc1nonc1-c1nc2ccccc2n1CC(=O)NN=Cc1ccc([N+](=O)[O-])cc1. The molecular formula is C18H14N8O4. The molecule has 0 aliphatic heterocycles. The quantitative estimate of drug-likeness (QED) is 0.277. The molecule has 12 heteroatoms. The van der Waals surface area contributed by atoms with Crippen molar-refractivity contribution >= 4 is 34.7 Å². The summed E-state index contributed by atoms with van der Waals surface area (Å²) in [4.78, 5) is 27.1. The number of nitro benzene ring substituents is 1. The molecule has 30 heavy (non-hydrogen) atoms. The number of hydrogen-bond acceptors (Lipinski definition) is 9. The third-order valence-electron chi connectivity index (χ3n) is 4.19. The lowest BCUT2D eigenvalue weighted by molar-refractivity contribution is -0.384. The maximum absolute atomic E-state index is 12.4. The minimum absolute atomic E-state index is 0.0303. The van der Waals surface area contributed by atoms with Crippen LogP contribution in [-0.2, 0) is 11.3 Å². The minimum Gasteiger partial charge on any atom is -0.379 e. The van der Waals surface area contributed by atoms with E-state index in [0.29, 0.717) is 22.4 Å². The predicted octanol–water partition coefficient (Wildman–Crippen LogP) is 1.73. The van der Waals surface area contributed by atoms with Crippen molar-refractivity contribution in [2.75, 3.05) is 5.73 Å². The highest BCUT2D eigenvalue weighted by Gasteiger charge is 2.20. The van der Waals surface area contributed by atoms with Crippen LogP contribution in [0.5, 0.6) is 0 Å². The molecule has 0 fully saturated rings. The molecular weight excluding hydrogens is 392 g/mol. The molecule has 2 aromatic carbocycles. The molecule has 150 valence electrons. The predicted molar refractivity (Wildman–Crippen MR) is 106 cm³/mol. The number of anilines is 1. The first-order valence-electron chi connectivity index (χ1n) is 8.63. The van der Waals surface area contributed by atoms with Crippen molar-refractivity contribution in [1.29, 1.82) is 0 Å². The van der Waals surface area contributed by atoms with Crippen LogP contribution in [0.15, 0.2) is 58.3 Å². The van der Waals surface area contributed by atoms with Crippen LogP contribution in [0.25, 0.3) is 22.6 Å². The average molecular weight is 406 g/mol. The molecule has 0 saturated carbocycles. The van der Waals surface area contributed by atoms with Gasteiger partial charge in [-0.3, -0.25) is 14.9 Å². The molecule has 0 saturated heterocycles. The van der Waals surface area contributed by atoms with Gasteiger partial charge in [-0.1, -0.05) is 12.1 Å². The van der Waals surface area contributed by atoms with Gasteiger partial charge in [0.15, 0.2) is 17.3 Å². The summed E-state index contributed by atoms with van der Waals surface area (Å²) in [7, 11) is 0. The van der Waals surface area contributed by atoms with Crippen LogP contribution in [0.2, 0.25) is 0 Å².